The number of halogens is 2. The minimum atomic E-state index is -0.940. The third-order valence-corrected chi connectivity index (χ3v) is 5.65. The van der Waals surface area contributed by atoms with Crippen molar-refractivity contribution in [3.05, 3.63) is 77.9 Å². The molecule has 31 heavy (non-hydrogen) atoms. The van der Waals surface area contributed by atoms with Crippen LogP contribution >= 0.6 is 0 Å². The molecule has 0 aliphatic heterocycles. The molecular weight excluding hydrogens is 390 g/mol. The maximum absolute atomic E-state index is 14.5. The first-order valence-electron chi connectivity index (χ1n) is 11.4. The molecule has 0 saturated carbocycles. The quantitative estimate of drug-likeness (QED) is 0.281. The maximum atomic E-state index is 14.5. The average molecular weight is 423 g/mol. The number of ether oxygens (including phenoxy) is 1. The van der Waals surface area contributed by atoms with Crippen LogP contribution in [0.15, 0.2) is 60.7 Å². The lowest BCUT2D eigenvalue weighted by Crippen LogP contribution is -1.98. The van der Waals surface area contributed by atoms with Crippen molar-refractivity contribution in [3.63, 3.8) is 0 Å². The van der Waals surface area contributed by atoms with E-state index in [9.17, 15) is 8.78 Å². The fourth-order valence-electron chi connectivity index (χ4n) is 3.84. The summed E-state index contributed by atoms with van der Waals surface area (Å²) in [6, 6.07) is 19.3. The molecule has 0 bridgehead atoms. The van der Waals surface area contributed by atoms with E-state index in [2.05, 4.69) is 31.2 Å². The summed E-state index contributed by atoms with van der Waals surface area (Å²) in [6.07, 6.45) is 8.96. The molecule has 3 heteroatoms. The van der Waals surface area contributed by atoms with Gasteiger partial charge in [-0.15, -0.1) is 0 Å². The van der Waals surface area contributed by atoms with E-state index in [-0.39, 0.29) is 11.3 Å². The molecule has 0 amide bonds. The molecule has 3 rings (SSSR count). The van der Waals surface area contributed by atoms with Crippen molar-refractivity contribution in [3.8, 4) is 28.0 Å². The Hall–Kier alpha value is -2.68. The molecule has 164 valence electrons. The minimum Gasteiger partial charge on any atom is -0.491 e. The predicted molar refractivity (Wildman–Crippen MR) is 125 cm³/mol. The second-order valence-corrected chi connectivity index (χ2v) is 7.96. The van der Waals surface area contributed by atoms with E-state index < -0.39 is 11.6 Å². The van der Waals surface area contributed by atoms with Crippen molar-refractivity contribution in [1.82, 2.24) is 0 Å². The van der Waals surface area contributed by atoms with Gasteiger partial charge in [0.2, 0.25) is 5.82 Å². The van der Waals surface area contributed by atoms with Crippen LogP contribution in [0.1, 0.15) is 57.9 Å². The van der Waals surface area contributed by atoms with Crippen molar-refractivity contribution in [2.75, 3.05) is 6.61 Å². The number of hydrogen-bond donors (Lipinski definition) is 0. The van der Waals surface area contributed by atoms with E-state index in [0.29, 0.717) is 12.2 Å². The van der Waals surface area contributed by atoms with Crippen LogP contribution < -0.4 is 4.74 Å². The van der Waals surface area contributed by atoms with Crippen LogP contribution in [0.4, 0.5) is 8.78 Å². The summed E-state index contributed by atoms with van der Waals surface area (Å²) in [7, 11) is 0. The molecule has 0 heterocycles. The Balaban J connectivity index is 1.63. The van der Waals surface area contributed by atoms with Crippen molar-refractivity contribution < 1.29 is 13.5 Å². The van der Waals surface area contributed by atoms with E-state index in [1.807, 2.05) is 24.3 Å². The zero-order valence-electron chi connectivity index (χ0n) is 18.6. The molecule has 1 nitrogen and oxygen atoms in total. The Labute approximate surface area is 185 Å². The smallest absolute Gasteiger partial charge is 0.201 e. The molecule has 0 atom stereocenters. The van der Waals surface area contributed by atoms with E-state index >= 15 is 0 Å². The zero-order chi connectivity index (χ0) is 22.1. The molecule has 0 aliphatic rings. The van der Waals surface area contributed by atoms with Gasteiger partial charge in [-0.3, -0.25) is 0 Å². The van der Waals surface area contributed by atoms with E-state index in [1.54, 1.807) is 13.0 Å². The Morgan fingerprint density at radius 1 is 0.613 bits per heavy atom. The van der Waals surface area contributed by atoms with E-state index in [0.717, 1.165) is 17.5 Å². The topological polar surface area (TPSA) is 9.23 Å². The van der Waals surface area contributed by atoms with Crippen LogP contribution in [0.3, 0.4) is 0 Å². The van der Waals surface area contributed by atoms with Gasteiger partial charge in [0.1, 0.15) is 0 Å². The van der Waals surface area contributed by atoms with Gasteiger partial charge in [-0.25, -0.2) is 4.39 Å². The Morgan fingerprint density at radius 2 is 1.19 bits per heavy atom. The summed E-state index contributed by atoms with van der Waals surface area (Å²) in [4.78, 5) is 0. The molecule has 0 unspecified atom stereocenters. The molecule has 0 N–H and O–H groups in total. The summed E-state index contributed by atoms with van der Waals surface area (Å²) in [6.45, 7) is 4.28. The first kappa shape index (κ1) is 23.0. The Morgan fingerprint density at radius 3 is 1.84 bits per heavy atom. The highest BCUT2D eigenvalue weighted by Gasteiger charge is 2.15. The minimum absolute atomic E-state index is 0.0542. The van der Waals surface area contributed by atoms with Crippen molar-refractivity contribution in [2.24, 2.45) is 0 Å². The molecule has 3 aromatic carbocycles. The molecule has 0 saturated heterocycles. The normalized spacial score (nSPS) is 11.0. The van der Waals surface area contributed by atoms with Gasteiger partial charge >= 0.3 is 0 Å². The molecular formula is C28H32F2O. The second kappa shape index (κ2) is 11.6. The number of unbranched alkanes of at least 4 members (excludes halogenated alkanes) is 5. The number of hydrogen-bond acceptors (Lipinski definition) is 1. The lowest BCUT2D eigenvalue weighted by Gasteiger charge is -2.10. The van der Waals surface area contributed by atoms with Crippen LogP contribution in [-0.2, 0) is 6.42 Å². The average Bonchev–Trinajstić information content (AvgIpc) is 2.80. The number of aryl methyl sites for hydroxylation is 1. The molecule has 0 spiro atoms. The molecule has 0 aliphatic carbocycles. The second-order valence-electron chi connectivity index (χ2n) is 7.96. The Kier molecular flexibility index (Phi) is 8.63. The standard InChI is InChI=1S/C28H32F2O/c1-3-5-6-7-8-9-10-21-11-13-22(14-12-21)23-15-17-24(18-16-23)25-19-20-26(31-4-2)28(30)27(25)29/h11-20H,3-10H2,1-2H3. The summed E-state index contributed by atoms with van der Waals surface area (Å²) in [5.41, 5.74) is 4.42. The van der Waals surface area contributed by atoms with Gasteiger partial charge in [0.15, 0.2) is 11.6 Å². The summed E-state index contributed by atoms with van der Waals surface area (Å²) < 4.78 is 33.8. The first-order valence-corrected chi connectivity index (χ1v) is 11.4. The van der Waals surface area contributed by atoms with E-state index in [4.69, 9.17) is 4.74 Å². The SMILES string of the molecule is CCCCCCCCc1ccc(-c2ccc(-c3ccc(OCC)c(F)c3F)cc2)cc1. The highest BCUT2D eigenvalue weighted by atomic mass is 19.2. The van der Waals surface area contributed by atoms with Gasteiger partial charge in [-0.2, -0.15) is 4.39 Å². The van der Waals surface area contributed by atoms with Crippen LogP contribution in [-0.4, -0.2) is 6.61 Å². The van der Waals surface area contributed by atoms with Crippen LogP contribution in [0, 0.1) is 11.6 Å². The van der Waals surface area contributed by atoms with E-state index in [1.165, 1.54) is 50.2 Å². The van der Waals surface area contributed by atoms with Gasteiger partial charge < -0.3 is 4.74 Å². The van der Waals surface area contributed by atoms with Gasteiger partial charge in [-0.1, -0.05) is 87.6 Å². The maximum Gasteiger partial charge on any atom is 0.201 e. The molecule has 0 aromatic heterocycles. The lowest BCUT2D eigenvalue weighted by molar-refractivity contribution is 0.314. The van der Waals surface area contributed by atoms with Gasteiger partial charge in [-0.05, 0) is 54.2 Å². The lowest BCUT2D eigenvalue weighted by atomic mass is 9.98. The Bertz CT molecular complexity index is 946. The zero-order valence-corrected chi connectivity index (χ0v) is 18.6. The highest BCUT2D eigenvalue weighted by Crippen LogP contribution is 2.31. The van der Waals surface area contributed by atoms with Crippen LogP contribution in [0.2, 0.25) is 0 Å². The van der Waals surface area contributed by atoms with Crippen molar-refractivity contribution in [2.45, 2.75) is 58.8 Å². The third kappa shape index (κ3) is 6.16. The monoisotopic (exact) mass is 422 g/mol. The van der Waals surface area contributed by atoms with Gasteiger partial charge in [0.05, 0.1) is 6.61 Å². The third-order valence-electron chi connectivity index (χ3n) is 5.65. The van der Waals surface area contributed by atoms with Crippen LogP contribution in [0.25, 0.3) is 22.3 Å². The molecule has 3 aromatic rings. The fourth-order valence-corrected chi connectivity index (χ4v) is 3.84. The largest absolute Gasteiger partial charge is 0.491 e. The van der Waals surface area contributed by atoms with Gasteiger partial charge in [0, 0.05) is 5.56 Å². The molecule has 0 radical (unpaired) electrons. The van der Waals surface area contributed by atoms with Crippen molar-refractivity contribution in [1.29, 1.82) is 0 Å². The molecule has 0 fully saturated rings. The number of rotatable bonds is 11. The van der Waals surface area contributed by atoms with Gasteiger partial charge in [0.25, 0.3) is 0 Å². The summed E-state index contributed by atoms with van der Waals surface area (Å²) in [5.74, 6) is -1.87. The highest BCUT2D eigenvalue weighted by molar-refractivity contribution is 5.71. The fraction of sp³-hybridized carbons (Fsp3) is 0.357. The summed E-state index contributed by atoms with van der Waals surface area (Å²) in [5, 5.41) is 0. The predicted octanol–water partition coefficient (Wildman–Crippen LogP) is 8.60. The van der Waals surface area contributed by atoms with Crippen molar-refractivity contribution >= 4 is 0 Å². The first-order chi connectivity index (χ1) is 15.1. The number of benzene rings is 3. The summed E-state index contributed by atoms with van der Waals surface area (Å²) >= 11 is 0. The van der Waals surface area contributed by atoms with Crippen LogP contribution in [0.5, 0.6) is 5.75 Å².